The molecule has 52 valence electrons. The highest BCUT2D eigenvalue weighted by Crippen LogP contribution is 2.02. The zero-order chi connectivity index (χ0) is 7.11. The van der Waals surface area contributed by atoms with Crippen molar-refractivity contribution in [1.82, 2.24) is 5.32 Å². The molecule has 0 bridgehead atoms. The molecule has 0 aromatic carbocycles. The fourth-order valence-electron chi connectivity index (χ4n) is 0.241. The minimum Gasteiger partial charge on any atom is -0.465 e. The minimum atomic E-state index is -1.33. The second-order valence-electron chi connectivity index (χ2n) is 1.16. The summed E-state index contributed by atoms with van der Waals surface area (Å²) in [5.74, 6) is 1.06. The molecule has 0 aromatic heterocycles. The standard InChI is InChI=1S/C3H5NS.CH3NO2/c1-2-5-3-4-1;2-1(3)4/h1-2,4H,3H2;2H2,(H,3,4). The maximum atomic E-state index is 8.78. The van der Waals surface area contributed by atoms with Gasteiger partial charge in [0.2, 0.25) is 0 Å². The summed E-state index contributed by atoms with van der Waals surface area (Å²) < 4.78 is 0. The third kappa shape index (κ3) is 11.0. The maximum Gasteiger partial charge on any atom is 0.402 e. The van der Waals surface area contributed by atoms with Crippen molar-refractivity contribution in [3.63, 3.8) is 0 Å². The van der Waals surface area contributed by atoms with E-state index in [1.165, 1.54) is 0 Å². The van der Waals surface area contributed by atoms with E-state index in [1.807, 2.05) is 11.6 Å². The van der Waals surface area contributed by atoms with Crippen LogP contribution in [0.2, 0.25) is 0 Å². The van der Waals surface area contributed by atoms with Crippen LogP contribution in [0.1, 0.15) is 0 Å². The first-order valence-corrected chi connectivity index (χ1v) is 3.27. The fourth-order valence-corrected chi connectivity index (χ4v) is 0.722. The van der Waals surface area contributed by atoms with Gasteiger partial charge in [0.1, 0.15) is 0 Å². The molecule has 0 unspecified atom stereocenters. The van der Waals surface area contributed by atoms with Gasteiger partial charge in [-0.2, -0.15) is 0 Å². The lowest BCUT2D eigenvalue weighted by Crippen LogP contribution is -2.03. The zero-order valence-corrected chi connectivity index (χ0v) is 5.52. The van der Waals surface area contributed by atoms with E-state index in [9.17, 15) is 0 Å². The number of thioether (sulfide) groups is 1. The van der Waals surface area contributed by atoms with Crippen LogP contribution in [0.25, 0.3) is 0 Å². The summed E-state index contributed by atoms with van der Waals surface area (Å²) in [7, 11) is 0. The maximum absolute atomic E-state index is 8.78. The van der Waals surface area contributed by atoms with Gasteiger partial charge in [0, 0.05) is 6.20 Å². The normalized spacial score (nSPS) is 13.3. The van der Waals surface area contributed by atoms with E-state index in [1.54, 1.807) is 11.8 Å². The molecular weight excluding hydrogens is 140 g/mol. The summed E-state index contributed by atoms with van der Waals surface area (Å²) in [6, 6.07) is 0. The third-order valence-electron chi connectivity index (χ3n) is 0.449. The van der Waals surface area contributed by atoms with Crippen molar-refractivity contribution in [2.24, 2.45) is 5.73 Å². The molecule has 9 heavy (non-hydrogen) atoms. The molecule has 1 heterocycles. The first-order chi connectivity index (χ1) is 4.23. The molecular formula is C4H8N2O2S. The molecule has 0 saturated heterocycles. The van der Waals surface area contributed by atoms with Crippen molar-refractivity contribution in [3.8, 4) is 0 Å². The van der Waals surface area contributed by atoms with Gasteiger partial charge in [-0.1, -0.05) is 0 Å². The molecule has 5 heteroatoms. The Kier molecular flexibility index (Phi) is 4.81. The second-order valence-corrected chi connectivity index (χ2v) is 2.05. The van der Waals surface area contributed by atoms with E-state index >= 15 is 0 Å². The number of primary amides is 1. The summed E-state index contributed by atoms with van der Waals surface area (Å²) in [6.45, 7) is 0. The Balaban J connectivity index is 0.000000148. The summed E-state index contributed by atoms with van der Waals surface area (Å²) in [5, 5.41) is 12.2. The predicted octanol–water partition coefficient (Wildman–Crippen LogP) is 0.375. The van der Waals surface area contributed by atoms with Gasteiger partial charge in [0.05, 0.1) is 5.88 Å². The molecule has 0 aliphatic carbocycles. The Hall–Kier alpha value is -0.840. The van der Waals surface area contributed by atoms with Crippen molar-refractivity contribution in [2.75, 3.05) is 5.88 Å². The summed E-state index contributed by atoms with van der Waals surface area (Å²) >= 11 is 1.78. The monoisotopic (exact) mass is 148 g/mol. The number of hydrogen-bond donors (Lipinski definition) is 3. The van der Waals surface area contributed by atoms with E-state index in [2.05, 4.69) is 11.1 Å². The highest BCUT2D eigenvalue weighted by atomic mass is 32.2. The topological polar surface area (TPSA) is 75.3 Å². The molecule has 0 spiro atoms. The SMILES string of the molecule is C1=CSCN1.NC(=O)O. The first-order valence-electron chi connectivity index (χ1n) is 2.22. The van der Waals surface area contributed by atoms with Crippen LogP contribution < -0.4 is 11.1 Å². The largest absolute Gasteiger partial charge is 0.465 e. The van der Waals surface area contributed by atoms with Crippen LogP contribution in [0, 0.1) is 0 Å². The quantitative estimate of drug-likeness (QED) is 0.464. The molecule has 4 nitrogen and oxygen atoms in total. The Morgan fingerprint density at radius 1 is 1.89 bits per heavy atom. The van der Waals surface area contributed by atoms with Crippen molar-refractivity contribution < 1.29 is 9.90 Å². The van der Waals surface area contributed by atoms with Crippen LogP contribution >= 0.6 is 11.8 Å². The van der Waals surface area contributed by atoms with Crippen LogP contribution in [0.15, 0.2) is 11.6 Å². The molecule has 0 atom stereocenters. The highest BCUT2D eigenvalue weighted by Gasteiger charge is 1.81. The van der Waals surface area contributed by atoms with Gasteiger partial charge in [-0.15, -0.1) is 11.8 Å². The zero-order valence-electron chi connectivity index (χ0n) is 4.70. The average molecular weight is 148 g/mol. The Bertz CT molecular complexity index is 105. The molecule has 0 radical (unpaired) electrons. The van der Waals surface area contributed by atoms with Gasteiger partial charge < -0.3 is 16.2 Å². The van der Waals surface area contributed by atoms with Crippen LogP contribution in [0.3, 0.4) is 0 Å². The molecule has 0 aromatic rings. The predicted molar refractivity (Wildman–Crippen MR) is 36.9 cm³/mol. The first kappa shape index (κ1) is 8.16. The number of amides is 1. The van der Waals surface area contributed by atoms with E-state index in [-0.39, 0.29) is 0 Å². The van der Waals surface area contributed by atoms with Gasteiger partial charge in [-0.05, 0) is 5.41 Å². The van der Waals surface area contributed by atoms with Crippen LogP contribution in [-0.2, 0) is 0 Å². The van der Waals surface area contributed by atoms with Gasteiger partial charge in [0.25, 0.3) is 0 Å². The van der Waals surface area contributed by atoms with Crippen molar-refractivity contribution in [2.45, 2.75) is 0 Å². The minimum absolute atomic E-state index is 1.06. The van der Waals surface area contributed by atoms with Gasteiger partial charge in [-0.3, -0.25) is 0 Å². The lowest BCUT2D eigenvalue weighted by atomic mass is 11.0. The van der Waals surface area contributed by atoms with E-state index < -0.39 is 6.09 Å². The van der Waals surface area contributed by atoms with Crippen molar-refractivity contribution in [3.05, 3.63) is 11.6 Å². The van der Waals surface area contributed by atoms with E-state index in [4.69, 9.17) is 9.90 Å². The van der Waals surface area contributed by atoms with Gasteiger partial charge in [-0.25, -0.2) is 4.79 Å². The highest BCUT2D eigenvalue weighted by molar-refractivity contribution is 8.02. The second kappa shape index (κ2) is 5.30. The van der Waals surface area contributed by atoms with Crippen molar-refractivity contribution in [1.29, 1.82) is 0 Å². The number of carboxylic acid groups (broad SMARTS) is 1. The number of nitrogens with one attached hydrogen (secondary N) is 1. The Morgan fingerprint density at radius 2 is 2.44 bits per heavy atom. The molecule has 0 fully saturated rings. The van der Waals surface area contributed by atoms with Crippen LogP contribution in [-0.4, -0.2) is 17.1 Å². The van der Waals surface area contributed by atoms with E-state index in [0.717, 1.165) is 5.88 Å². The summed E-state index contributed by atoms with van der Waals surface area (Å²) in [6.07, 6.45) is 0.616. The smallest absolute Gasteiger partial charge is 0.402 e. The molecule has 4 N–H and O–H groups in total. The number of nitrogens with two attached hydrogens (primary N) is 1. The van der Waals surface area contributed by atoms with E-state index in [0.29, 0.717) is 0 Å². The van der Waals surface area contributed by atoms with Crippen molar-refractivity contribution >= 4 is 17.9 Å². The number of hydrogen-bond acceptors (Lipinski definition) is 3. The molecule has 1 aliphatic rings. The third-order valence-corrected chi connectivity index (χ3v) is 1.11. The molecule has 1 rings (SSSR count). The van der Waals surface area contributed by atoms with Crippen LogP contribution in [0.4, 0.5) is 4.79 Å². The number of carbonyl (C=O) groups is 1. The molecule has 1 amide bonds. The fraction of sp³-hybridized carbons (Fsp3) is 0.250. The van der Waals surface area contributed by atoms with Crippen LogP contribution in [0.5, 0.6) is 0 Å². The van der Waals surface area contributed by atoms with Gasteiger partial charge in [0.15, 0.2) is 0 Å². The Morgan fingerprint density at radius 3 is 2.56 bits per heavy atom. The molecule has 0 saturated carbocycles. The van der Waals surface area contributed by atoms with Gasteiger partial charge >= 0.3 is 6.09 Å². The lowest BCUT2D eigenvalue weighted by molar-refractivity contribution is 0.205. The summed E-state index contributed by atoms with van der Waals surface area (Å²) in [4.78, 5) is 8.78. The molecule has 1 aliphatic heterocycles. The Labute approximate surface area is 57.1 Å². The lowest BCUT2D eigenvalue weighted by Gasteiger charge is -1.77. The average Bonchev–Trinajstić information content (AvgIpc) is 2.11. The number of rotatable bonds is 0. The summed E-state index contributed by atoms with van der Waals surface area (Å²) in [5.41, 5.74) is 4.03.